The minimum Gasteiger partial charge on any atom is -0.481 e. The molecule has 0 bridgehead atoms. The molecule has 0 atom stereocenters. The number of hydrogen-bond donors (Lipinski definition) is 1. The summed E-state index contributed by atoms with van der Waals surface area (Å²) in [6, 6.07) is 0. The third-order valence-electron chi connectivity index (χ3n) is 2.60. The van der Waals surface area contributed by atoms with Crippen LogP contribution in [0.15, 0.2) is 0 Å². The van der Waals surface area contributed by atoms with E-state index in [9.17, 15) is 4.79 Å². The topological polar surface area (TPSA) is 55.8 Å². The lowest BCUT2D eigenvalue weighted by Crippen LogP contribution is -2.23. The molecule has 0 aliphatic carbocycles. The van der Waals surface area contributed by atoms with Gasteiger partial charge in [-0.1, -0.05) is 6.42 Å². The highest BCUT2D eigenvalue weighted by Crippen LogP contribution is 2.23. The van der Waals surface area contributed by atoms with Gasteiger partial charge in [0.1, 0.15) is 0 Å². The monoisotopic (exact) mass is 246 g/mol. The zero-order valence-corrected chi connectivity index (χ0v) is 11.5. The second-order valence-corrected chi connectivity index (χ2v) is 5.18. The van der Waals surface area contributed by atoms with E-state index in [4.69, 9.17) is 14.6 Å². The fourth-order valence-corrected chi connectivity index (χ4v) is 1.32. The van der Waals surface area contributed by atoms with Crippen LogP contribution in [0.2, 0.25) is 0 Å². The summed E-state index contributed by atoms with van der Waals surface area (Å²) in [5.41, 5.74) is -0.624. The second kappa shape index (κ2) is 8.48. The molecule has 0 aromatic carbocycles. The predicted octanol–water partition coefficient (Wildman–Crippen LogP) is 2.71. The van der Waals surface area contributed by atoms with Gasteiger partial charge in [0.25, 0.3) is 0 Å². The van der Waals surface area contributed by atoms with Gasteiger partial charge in [-0.25, -0.2) is 0 Å². The maximum Gasteiger partial charge on any atom is 0.309 e. The van der Waals surface area contributed by atoms with Crippen LogP contribution in [0, 0.1) is 5.41 Å². The minimum absolute atomic E-state index is 0.245. The quantitative estimate of drug-likeness (QED) is 0.602. The van der Waals surface area contributed by atoms with Crippen LogP contribution in [-0.4, -0.2) is 37.0 Å². The molecular formula is C13H26O4. The van der Waals surface area contributed by atoms with Crippen molar-refractivity contribution in [3.05, 3.63) is 0 Å². The van der Waals surface area contributed by atoms with Gasteiger partial charge in [0.2, 0.25) is 0 Å². The van der Waals surface area contributed by atoms with Gasteiger partial charge in [-0.05, 0) is 40.5 Å². The van der Waals surface area contributed by atoms with Gasteiger partial charge in [-0.3, -0.25) is 4.79 Å². The molecule has 0 fully saturated rings. The normalized spacial score (nSPS) is 12.1. The van der Waals surface area contributed by atoms with E-state index in [-0.39, 0.29) is 6.10 Å². The average Bonchev–Trinajstić information content (AvgIpc) is 2.21. The van der Waals surface area contributed by atoms with Gasteiger partial charge in [0.15, 0.2) is 0 Å². The molecule has 0 rings (SSSR count). The molecule has 1 N–H and O–H groups in total. The van der Waals surface area contributed by atoms with Gasteiger partial charge in [0, 0.05) is 6.61 Å². The molecule has 0 aromatic rings. The van der Waals surface area contributed by atoms with E-state index in [0.29, 0.717) is 26.2 Å². The maximum atomic E-state index is 10.8. The average molecular weight is 246 g/mol. The molecular weight excluding hydrogens is 220 g/mol. The van der Waals surface area contributed by atoms with E-state index in [1.807, 2.05) is 13.8 Å². The van der Waals surface area contributed by atoms with Gasteiger partial charge in [-0.2, -0.15) is 0 Å². The summed E-state index contributed by atoms with van der Waals surface area (Å²) in [7, 11) is 0. The largest absolute Gasteiger partial charge is 0.481 e. The number of carbonyl (C=O) groups is 1. The molecule has 0 aliphatic rings. The Labute approximate surface area is 104 Å². The van der Waals surface area contributed by atoms with Crippen molar-refractivity contribution >= 4 is 5.97 Å². The molecule has 102 valence electrons. The number of carboxylic acid groups (broad SMARTS) is 1. The zero-order chi connectivity index (χ0) is 13.3. The van der Waals surface area contributed by atoms with Gasteiger partial charge < -0.3 is 14.6 Å². The summed E-state index contributed by atoms with van der Waals surface area (Å²) in [4.78, 5) is 10.8. The van der Waals surface area contributed by atoms with Crippen molar-refractivity contribution in [2.24, 2.45) is 5.41 Å². The van der Waals surface area contributed by atoms with Crippen LogP contribution in [0.25, 0.3) is 0 Å². The van der Waals surface area contributed by atoms with Crippen molar-refractivity contribution in [3.8, 4) is 0 Å². The summed E-state index contributed by atoms with van der Waals surface area (Å²) >= 11 is 0. The molecule has 4 heteroatoms. The lowest BCUT2D eigenvalue weighted by Gasteiger charge is -2.18. The van der Waals surface area contributed by atoms with Crippen molar-refractivity contribution in [2.45, 2.75) is 53.1 Å². The molecule has 0 heterocycles. The Morgan fingerprint density at radius 3 is 2.35 bits per heavy atom. The van der Waals surface area contributed by atoms with Crippen molar-refractivity contribution in [3.63, 3.8) is 0 Å². The molecule has 0 aliphatic heterocycles. The maximum absolute atomic E-state index is 10.8. The molecule has 0 saturated carbocycles. The molecule has 0 unspecified atom stereocenters. The summed E-state index contributed by atoms with van der Waals surface area (Å²) in [5, 5.41) is 8.92. The highest BCUT2D eigenvalue weighted by molar-refractivity contribution is 5.73. The third-order valence-corrected chi connectivity index (χ3v) is 2.60. The Morgan fingerprint density at radius 1 is 1.18 bits per heavy atom. The lowest BCUT2D eigenvalue weighted by molar-refractivity contribution is -0.147. The second-order valence-electron chi connectivity index (χ2n) is 5.18. The number of rotatable bonds is 10. The van der Waals surface area contributed by atoms with Crippen LogP contribution in [0.5, 0.6) is 0 Å². The van der Waals surface area contributed by atoms with Crippen LogP contribution in [-0.2, 0) is 14.3 Å². The van der Waals surface area contributed by atoms with E-state index >= 15 is 0 Å². The minimum atomic E-state index is -0.733. The first-order valence-corrected chi connectivity index (χ1v) is 6.29. The van der Waals surface area contributed by atoms with Crippen LogP contribution in [0.1, 0.15) is 47.0 Å². The van der Waals surface area contributed by atoms with E-state index in [2.05, 4.69) is 0 Å². The Hall–Kier alpha value is -0.610. The van der Waals surface area contributed by atoms with E-state index in [1.165, 1.54) is 0 Å². The van der Waals surface area contributed by atoms with Gasteiger partial charge in [0.05, 0.1) is 24.7 Å². The number of unbranched alkanes of at least 4 members (excludes halogenated alkanes) is 1. The first-order chi connectivity index (χ1) is 7.86. The van der Waals surface area contributed by atoms with Crippen molar-refractivity contribution in [1.82, 2.24) is 0 Å². The Kier molecular flexibility index (Phi) is 8.17. The molecule has 0 spiro atoms. The van der Waals surface area contributed by atoms with Crippen LogP contribution in [0.3, 0.4) is 0 Å². The molecule has 17 heavy (non-hydrogen) atoms. The van der Waals surface area contributed by atoms with Gasteiger partial charge >= 0.3 is 5.97 Å². The molecule has 4 nitrogen and oxygen atoms in total. The number of aliphatic carboxylic acids is 1. The first kappa shape index (κ1) is 16.4. The number of hydrogen-bond acceptors (Lipinski definition) is 3. The van der Waals surface area contributed by atoms with Crippen molar-refractivity contribution in [1.29, 1.82) is 0 Å². The number of carboxylic acids is 1. The fraction of sp³-hybridized carbons (Fsp3) is 0.923. The first-order valence-electron chi connectivity index (χ1n) is 6.29. The Balaban J connectivity index is 3.33. The van der Waals surface area contributed by atoms with Crippen molar-refractivity contribution in [2.75, 3.05) is 19.8 Å². The van der Waals surface area contributed by atoms with E-state index < -0.39 is 11.4 Å². The third kappa shape index (κ3) is 9.12. The fourth-order valence-electron chi connectivity index (χ4n) is 1.32. The van der Waals surface area contributed by atoms with Crippen LogP contribution < -0.4 is 0 Å². The van der Waals surface area contributed by atoms with Crippen LogP contribution >= 0.6 is 0 Å². The summed E-state index contributed by atoms with van der Waals surface area (Å²) in [6.45, 7) is 9.41. The lowest BCUT2D eigenvalue weighted by atomic mass is 9.87. The highest BCUT2D eigenvalue weighted by Gasteiger charge is 2.25. The molecule has 0 amide bonds. The smallest absolute Gasteiger partial charge is 0.309 e. The van der Waals surface area contributed by atoms with E-state index in [1.54, 1.807) is 13.8 Å². The number of ether oxygens (including phenoxy) is 2. The SMILES string of the molecule is CC(C)OCCOCCCCC(C)(C)C(=O)O. The van der Waals surface area contributed by atoms with Crippen molar-refractivity contribution < 1.29 is 19.4 Å². The van der Waals surface area contributed by atoms with Crippen LogP contribution in [0.4, 0.5) is 0 Å². The Morgan fingerprint density at radius 2 is 1.82 bits per heavy atom. The van der Waals surface area contributed by atoms with E-state index in [0.717, 1.165) is 12.8 Å². The van der Waals surface area contributed by atoms with Gasteiger partial charge in [-0.15, -0.1) is 0 Å². The highest BCUT2D eigenvalue weighted by atomic mass is 16.5. The zero-order valence-electron chi connectivity index (χ0n) is 11.5. The summed E-state index contributed by atoms with van der Waals surface area (Å²) < 4.78 is 10.7. The summed E-state index contributed by atoms with van der Waals surface area (Å²) in [5.74, 6) is -0.733. The predicted molar refractivity (Wildman–Crippen MR) is 67.2 cm³/mol. The Bertz CT molecular complexity index is 211. The molecule has 0 radical (unpaired) electrons. The molecule has 0 aromatic heterocycles. The molecule has 0 saturated heterocycles. The summed E-state index contributed by atoms with van der Waals surface area (Å²) in [6.07, 6.45) is 2.71. The standard InChI is InChI=1S/C13H26O4/c1-11(2)17-10-9-16-8-6-5-7-13(3,4)12(14)15/h11H,5-10H2,1-4H3,(H,14,15).